The molecule has 218 valence electrons. The van der Waals surface area contributed by atoms with Gasteiger partial charge in [0, 0.05) is 73.4 Å². The summed E-state index contributed by atoms with van der Waals surface area (Å²) in [6.07, 6.45) is 0.00619. The van der Waals surface area contributed by atoms with Gasteiger partial charge in [-0.2, -0.15) is 0 Å². The Hall–Kier alpha value is -3.46. The first-order valence-electron chi connectivity index (χ1n) is 14.4. The summed E-state index contributed by atoms with van der Waals surface area (Å²) in [4.78, 5) is 30.8. The molecular weight excluding hydrogens is 506 g/mol. The van der Waals surface area contributed by atoms with Crippen LogP contribution in [0, 0.1) is 5.92 Å². The number of hydrogen-bond donors (Lipinski definition) is 3. The lowest BCUT2D eigenvalue weighted by atomic mass is 9.80. The molecule has 2 heterocycles. The molecule has 2 aliphatic heterocycles. The Bertz CT molecular complexity index is 1190. The molecule has 2 aromatic carbocycles. The van der Waals surface area contributed by atoms with Crippen molar-refractivity contribution in [3.8, 4) is 0 Å². The molecule has 0 spiro atoms. The largest absolute Gasteiger partial charge is 0.444 e. The minimum Gasteiger partial charge on any atom is -0.444 e. The predicted molar refractivity (Wildman–Crippen MR) is 160 cm³/mol. The molecule has 9 heteroatoms. The normalized spacial score (nSPS) is 21.9. The Balaban J connectivity index is 1.61. The highest BCUT2D eigenvalue weighted by Gasteiger charge is 2.40. The van der Waals surface area contributed by atoms with E-state index in [0.29, 0.717) is 31.7 Å². The van der Waals surface area contributed by atoms with Crippen LogP contribution in [0.3, 0.4) is 0 Å². The zero-order valence-corrected chi connectivity index (χ0v) is 24.9. The van der Waals surface area contributed by atoms with Gasteiger partial charge in [0.1, 0.15) is 11.8 Å². The number of amides is 2. The zero-order valence-electron chi connectivity index (χ0n) is 24.9. The highest BCUT2D eigenvalue weighted by molar-refractivity contribution is 5.94. The molecule has 9 nitrogen and oxygen atoms in total. The van der Waals surface area contributed by atoms with Crippen molar-refractivity contribution in [1.82, 2.24) is 10.2 Å². The lowest BCUT2D eigenvalue weighted by molar-refractivity contribution is 0.0240. The summed E-state index contributed by atoms with van der Waals surface area (Å²) in [6.45, 7) is 14.5. The summed E-state index contributed by atoms with van der Waals surface area (Å²) in [7, 11) is 1.63. The summed E-state index contributed by atoms with van der Waals surface area (Å²) < 4.78 is 5.57. The van der Waals surface area contributed by atoms with Gasteiger partial charge in [0.15, 0.2) is 0 Å². The third-order valence-corrected chi connectivity index (χ3v) is 7.93. The minimum atomic E-state index is -0.623. The standard InChI is InChI=1S/C31H45N5O4/c1-8-26-20(2)28(33-23-11-9-22(10-12-23)29(38)32-7)25-19-24(13-14-27(25)36(26)21(3)37)34-15-17-35(18-16-34)30(39)40-31(4,5)6/h9-14,19-21,26,28,33,37H,8,15-18H2,1-7H3,(H,32,38)/t20-,21?,26-,28?/m0/s1. The van der Waals surface area contributed by atoms with Crippen LogP contribution < -0.4 is 20.4 Å². The van der Waals surface area contributed by atoms with Gasteiger partial charge in [0.2, 0.25) is 0 Å². The van der Waals surface area contributed by atoms with E-state index in [1.165, 1.54) is 0 Å². The Kier molecular flexibility index (Phi) is 8.83. The second-order valence-corrected chi connectivity index (χ2v) is 11.8. The summed E-state index contributed by atoms with van der Waals surface area (Å²) in [5, 5.41) is 17.2. The molecule has 0 bridgehead atoms. The number of aliphatic hydroxyl groups is 1. The lowest BCUT2D eigenvalue weighted by Gasteiger charge is -2.48. The van der Waals surface area contributed by atoms with Crippen molar-refractivity contribution in [3.63, 3.8) is 0 Å². The molecule has 3 N–H and O–H groups in total. The van der Waals surface area contributed by atoms with E-state index in [1.807, 2.05) is 52.0 Å². The summed E-state index contributed by atoms with van der Waals surface area (Å²) >= 11 is 0. The number of fused-ring (bicyclic) bond motifs is 1. The van der Waals surface area contributed by atoms with Gasteiger partial charge in [0.05, 0.1) is 6.04 Å². The van der Waals surface area contributed by atoms with Crippen LogP contribution in [-0.2, 0) is 4.74 Å². The minimum absolute atomic E-state index is 0.00352. The first-order chi connectivity index (χ1) is 18.9. The van der Waals surface area contributed by atoms with Gasteiger partial charge < -0.3 is 35.2 Å². The number of carbonyl (C=O) groups excluding carboxylic acids is 2. The number of piperazine rings is 1. The summed E-state index contributed by atoms with van der Waals surface area (Å²) in [6, 6.07) is 14.2. The number of carbonyl (C=O) groups is 2. The Morgan fingerprint density at radius 1 is 1.07 bits per heavy atom. The fraction of sp³-hybridized carbons (Fsp3) is 0.548. The van der Waals surface area contributed by atoms with Crippen molar-refractivity contribution < 1.29 is 19.4 Å². The van der Waals surface area contributed by atoms with E-state index in [-0.39, 0.29) is 30.0 Å². The van der Waals surface area contributed by atoms with Gasteiger partial charge in [0.25, 0.3) is 5.91 Å². The highest BCUT2D eigenvalue weighted by atomic mass is 16.6. The van der Waals surface area contributed by atoms with Crippen LogP contribution in [-0.4, -0.2) is 73.1 Å². The van der Waals surface area contributed by atoms with Gasteiger partial charge in [-0.15, -0.1) is 0 Å². The van der Waals surface area contributed by atoms with Crippen LogP contribution in [0.5, 0.6) is 0 Å². The van der Waals surface area contributed by atoms with Crippen molar-refractivity contribution >= 4 is 29.1 Å². The van der Waals surface area contributed by atoms with Gasteiger partial charge in [-0.3, -0.25) is 4.79 Å². The fourth-order valence-electron chi connectivity index (χ4n) is 5.93. The summed E-state index contributed by atoms with van der Waals surface area (Å²) in [5.74, 6) is 0.0861. The second kappa shape index (κ2) is 12.0. The summed E-state index contributed by atoms with van der Waals surface area (Å²) in [5.41, 5.74) is 4.28. The van der Waals surface area contributed by atoms with E-state index in [0.717, 1.165) is 29.0 Å². The Morgan fingerprint density at radius 3 is 2.27 bits per heavy atom. The fourth-order valence-corrected chi connectivity index (χ4v) is 5.93. The molecule has 1 saturated heterocycles. The maximum Gasteiger partial charge on any atom is 0.410 e. The Morgan fingerprint density at radius 2 is 1.73 bits per heavy atom. The first-order valence-corrected chi connectivity index (χ1v) is 14.4. The van der Waals surface area contributed by atoms with E-state index in [9.17, 15) is 14.7 Å². The molecule has 2 aliphatic rings. The number of rotatable bonds is 6. The van der Waals surface area contributed by atoms with E-state index in [1.54, 1.807) is 11.9 Å². The number of anilines is 3. The van der Waals surface area contributed by atoms with Gasteiger partial charge >= 0.3 is 6.09 Å². The average molecular weight is 552 g/mol. The molecule has 1 fully saturated rings. The van der Waals surface area contributed by atoms with E-state index in [4.69, 9.17) is 4.74 Å². The van der Waals surface area contributed by atoms with Crippen molar-refractivity contribution in [1.29, 1.82) is 0 Å². The van der Waals surface area contributed by atoms with E-state index in [2.05, 4.69) is 52.5 Å². The van der Waals surface area contributed by atoms with Crippen LogP contribution in [0.15, 0.2) is 42.5 Å². The quantitative estimate of drug-likeness (QED) is 0.473. The van der Waals surface area contributed by atoms with Crippen LogP contribution in [0.4, 0.5) is 21.9 Å². The van der Waals surface area contributed by atoms with Crippen molar-refractivity contribution in [2.24, 2.45) is 5.92 Å². The molecule has 4 rings (SSSR count). The van der Waals surface area contributed by atoms with Crippen LogP contribution in [0.1, 0.15) is 69.9 Å². The first kappa shape index (κ1) is 29.5. The lowest BCUT2D eigenvalue weighted by Crippen LogP contribution is -2.52. The van der Waals surface area contributed by atoms with Crippen LogP contribution in [0.2, 0.25) is 0 Å². The topological polar surface area (TPSA) is 97.4 Å². The number of hydrogen-bond acceptors (Lipinski definition) is 7. The van der Waals surface area contributed by atoms with Gasteiger partial charge in [-0.25, -0.2) is 4.79 Å². The van der Waals surface area contributed by atoms with Crippen molar-refractivity contribution in [2.45, 2.75) is 71.9 Å². The highest BCUT2D eigenvalue weighted by Crippen LogP contribution is 2.45. The third-order valence-electron chi connectivity index (χ3n) is 7.93. The molecule has 2 unspecified atom stereocenters. The SMILES string of the molecule is CC[C@H]1[C@H](C)C(Nc2ccc(C(=O)NC)cc2)c2cc(N3CCN(C(=O)OC(C)(C)C)CC3)ccc2N1C(C)O. The number of nitrogens with one attached hydrogen (secondary N) is 2. The molecule has 0 aliphatic carbocycles. The monoisotopic (exact) mass is 551 g/mol. The Labute approximate surface area is 238 Å². The molecule has 4 atom stereocenters. The molecule has 40 heavy (non-hydrogen) atoms. The molecule has 2 amide bonds. The zero-order chi connectivity index (χ0) is 29.2. The maximum atomic E-state index is 12.6. The number of aliphatic hydroxyl groups excluding tert-OH is 1. The third kappa shape index (κ3) is 6.30. The predicted octanol–water partition coefficient (Wildman–Crippen LogP) is 4.83. The molecule has 0 aromatic heterocycles. The van der Waals surface area contributed by atoms with Crippen molar-refractivity contribution in [2.75, 3.05) is 48.3 Å². The molecule has 2 aromatic rings. The second-order valence-electron chi connectivity index (χ2n) is 11.8. The van der Waals surface area contributed by atoms with Gasteiger partial charge in [-0.05, 0) is 76.6 Å². The van der Waals surface area contributed by atoms with Crippen LogP contribution >= 0.6 is 0 Å². The molecule has 0 radical (unpaired) electrons. The molecular formula is C31H45N5O4. The number of benzene rings is 2. The maximum absolute atomic E-state index is 12.6. The van der Waals surface area contributed by atoms with Gasteiger partial charge in [-0.1, -0.05) is 13.8 Å². The smallest absolute Gasteiger partial charge is 0.410 e. The number of ether oxygens (including phenoxy) is 1. The number of nitrogens with zero attached hydrogens (tertiary/aromatic N) is 3. The average Bonchev–Trinajstić information content (AvgIpc) is 2.92. The van der Waals surface area contributed by atoms with Crippen LogP contribution in [0.25, 0.3) is 0 Å². The molecule has 0 saturated carbocycles. The van der Waals surface area contributed by atoms with E-state index >= 15 is 0 Å². The van der Waals surface area contributed by atoms with E-state index < -0.39 is 11.8 Å². The van der Waals surface area contributed by atoms with Crippen molar-refractivity contribution in [3.05, 3.63) is 53.6 Å².